The van der Waals surface area contributed by atoms with Gasteiger partial charge in [-0.3, -0.25) is 4.72 Å². The third kappa shape index (κ3) is 3.74. The summed E-state index contributed by atoms with van der Waals surface area (Å²) in [6, 6.07) is 18.7. The highest BCUT2D eigenvalue weighted by molar-refractivity contribution is 7.93. The van der Waals surface area contributed by atoms with Crippen LogP contribution < -0.4 is 4.72 Å². The Labute approximate surface area is 155 Å². The van der Waals surface area contributed by atoms with E-state index in [1.807, 2.05) is 36.4 Å². The molecule has 0 saturated carbocycles. The van der Waals surface area contributed by atoms with E-state index in [4.69, 9.17) is 23.2 Å². The summed E-state index contributed by atoms with van der Waals surface area (Å²) in [5, 5.41) is 9.97. The molecule has 0 aliphatic carbocycles. The van der Waals surface area contributed by atoms with Crippen LogP contribution >= 0.6 is 23.2 Å². The molecule has 0 amide bonds. The van der Waals surface area contributed by atoms with Gasteiger partial charge < -0.3 is 5.11 Å². The van der Waals surface area contributed by atoms with Crippen LogP contribution in [0.1, 0.15) is 0 Å². The third-order valence-corrected chi connectivity index (χ3v) is 5.60. The minimum atomic E-state index is -4.11. The van der Waals surface area contributed by atoms with Crippen LogP contribution in [0.2, 0.25) is 10.0 Å². The van der Waals surface area contributed by atoms with Gasteiger partial charge in [0, 0.05) is 16.7 Å². The van der Waals surface area contributed by atoms with Crippen molar-refractivity contribution in [3.8, 4) is 16.9 Å². The van der Waals surface area contributed by atoms with Gasteiger partial charge in [-0.1, -0.05) is 71.7 Å². The summed E-state index contributed by atoms with van der Waals surface area (Å²) < 4.78 is 28.0. The molecule has 0 aliphatic heterocycles. The fraction of sp³-hybridized carbons (Fsp3) is 0. The molecule has 0 unspecified atom stereocenters. The average molecular weight is 394 g/mol. The van der Waals surface area contributed by atoms with Crippen molar-refractivity contribution in [3.05, 3.63) is 76.8 Å². The second-order valence-electron chi connectivity index (χ2n) is 5.25. The highest BCUT2D eigenvalue weighted by Gasteiger charge is 2.24. The Balaban J connectivity index is 2.07. The fourth-order valence-corrected chi connectivity index (χ4v) is 4.46. The van der Waals surface area contributed by atoms with E-state index in [2.05, 4.69) is 4.72 Å². The maximum Gasteiger partial charge on any atom is 0.267 e. The monoisotopic (exact) mass is 393 g/mol. The number of hydrogen-bond donors (Lipinski definition) is 2. The van der Waals surface area contributed by atoms with E-state index in [1.165, 1.54) is 6.07 Å². The maximum absolute atomic E-state index is 12.7. The number of phenols is 1. The second kappa shape index (κ2) is 6.96. The van der Waals surface area contributed by atoms with Crippen molar-refractivity contribution in [1.29, 1.82) is 0 Å². The fourth-order valence-electron chi connectivity index (χ4n) is 2.45. The van der Waals surface area contributed by atoms with Crippen molar-refractivity contribution in [2.75, 3.05) is 4.72 Å². The molecule has 0 spiro atoms. The molecule has 0 saturated heterocycles. The summed E-state index contributed by atoms with van der Waals surface area (Å²) >= 11 is 11.8. The van der Waals surface area contributed by atoms with Gasteiger partial charge in [-0.2, -0.15) is 0 Å². The zero-order valence-corrected chi connectivity index (χ0v) is 15.1. The molecule has 128 valence electrons. The first-order chi connectivity index (χ1) is 11.9. The van der Waals surface area contributed by atoms with Crippen molar-refractivity contribution in [2.45, 2.75) is 4.90 Å². The van der Waals surface area contributed by atoms with Gasteiger partial charge in [0.05, 0.1) is 10.7 Å². The number of rotatable bonds is 4. The molecule has 0 atom stereocenters. The van der Waals surface area contributed by atoms with Crippen molar-refractivity contribution < 1.29 is 13.5 Å². The SMILES string of the molecule is O=S(=O)(Nc1ccccc1-c1ccccc1)c1c(O)cc(Cl)cc1Cl. The van der Waals surface area contributed by atoms with Gasteiger partial charge in [-0.15, -0.1) is 0 Å². The van der Waals surface area contributed by atoms with Crippen molar-refractivity contribution >= 4 is 38.9 Å². The number of anilines is 1. The Morgan fingerprint density at radius 1 is 0.880 bits per heavy atom. The van der Waals surface area contributed by atoms with E-state index in [-0.39, 0.29) is 10.0 Å². The molecule has 7 heteroatoms. The molecule has 25 heavy (non-hydrogen) atoms. The first-order valence-corrected chi connectivity index (χ1v) is 9.47. The van der Waals surface area contributed by atoms with Gasteiger partial charge in [0.2, 0.25) is 0 Å². The first kappa shape index (κ1) is 17.6. The van der Waals surface area contributed by atoms with Gasteiger partial charge in [0.25, 0.3) is 10.0 Å². The van der Waals surface area contributed by atoms with Crippen molar-refractivity contribution in [3.63, 3.8) is 0 Å². The second-order valence-corrected chi connectivity index (χ2v) is 7.72. The van der Waals surface area contributed by atoms with Crippen LogP contribution in [0.25, 0.3) is 11.1 Å². The number of phenolic OH excluding ortho intramolecular Hbond substituents is 1. The minimum Gasteiger partial charge on any atom is -0.506 e. The van der Waals surface area contributed by atoms with Crippen LogP contribution in [0.3, 0.4) is 0 Å². The highest BCUT2D eigenvalue weighted by atomic mass is 35.5. The number of para-hydroxylation sites is 1. The molecule has 2 N–H and O–H groups in total. The van der Waals surface area contributed by atoms with E-state index in [0.717, 1.165) is 11.6 Å². The lowest BCUT2D eigenvalue weighted by molar-refractivity contribution is 0.459. The lowest BCUT2D eigenvalue weighted by Crippen LogP contribution is -2.14. The molecule has 4 nitrogen and oxygen atoms in total. The molecule has 3 rings (SSSR count). The molecule has 0 fully saturated rings. The number of nitrogens with one attached hydrogen (secondary N) is 1. The Morgan fingerprint density at radius 3 is 2.20 bits per heavy atom. The van der Waals surface area contributed by atoms with Crippen LogP contribution in [-0.4, -0.2) is 13.5 Å². The van der Waals surface area contributed by atoms with E-state index in [1.54, 1.807) is 18.2 Å². The Hall–Kier alpha value is -2.21. The number of halogens is 2. The molecular formula is C18H13Cl2NO3S. The summed E-state index contributed by atoms with van der Waals surface area (Å²) in [7, 11) is -4.11. The maximum atomic E-state index is 12.7. The van der Waals surface area contributed by atoms with E-state index < -0.39 is 20.7 Å². The van der Waals surface area contributed by atoms with Gasteiger partial charge in [0.1, 0.15) is 10.6 Å². The summed E-state index contributed by atoms with van der Waals surface area (Å²) in [4.78, 5) is -0.415. The lowest BCUT2D eigenvalue weighted by atomic mass is 10.0. The molecular weight excluding hydrogens is 381 g/mol. The van der Waals surface area contributed by atoms with Crippen LogP contribution in [0, 0.1) is 0 Å². The number of hydrogen-bond acceptors (Lipinski definition) is 3. The predicted molar refractivity (Wildman–Crippen MR) is 101 cm³/mol. The zero-order valence-electron chi connectivity index (χ0n) is 12.8. The molecule has 0 radical (unpaired) electrons. The van der Waals surface area contributed by atoms with Gasteiger partial charge >= 0.3 is 0 Å². The zero-order chi connectivity index (χ0) is 18.0. The van der Waals surface area contributed by atoms with Gasteiger partial charge in [-0.05, 0) is 17.7 Å². The Morgan fingerprint density at radius 2 is 1.52 bits per heavy atom. The molecule has 0 bridgehead atoms. The Bertz CT molecular complexity index is 998. The smallest absolute Gasteiger partial charge is 0.267 e. The van der Waals surface area contributed by atoms with Crippen LogP contribution in [0.4, 0.5) is 5.69 Å². The van der Waals surface area contributed by atoms with E-state index in [9.17, 15) is 13.5 Å². The summed E-state index contributed by atoms with van der Waals surface area (Å²) in [6.07, 6.45) is 0. The third-order valence-electron chi connectivity index (χ3n) is 3.51. The quantitative estimate of drug-likeness (QED) is 0.642. The molecule has 0 heterocycles. The number of benzene rings is 3. The van der Waals surface area contributed by atoms with Crippen LogP contribution in [-0.2, 0) is 10.0 Å². The standard InChI is InChI=1S/C18H13Cl2NO3S/c19-13-10-15(20)18(17(22)11-13)25(23,24)21-16-9-5-4-8-14(16)12-6-2-1-3-7-12/h1-11,21-22H. The first-order valence-electron chi connectivity index (χ1n) is 7.24. The van der Waals surface area contributed by atoms with Crippen molar-refractivity contribution in [2.24, 2.45) is 0 Å². The Kier molecular flexibility index (Phi) is 4.90. The van der Waals surface area contributed by atoms with Gasteiger partial charge in [-0.25, -0.2) is 8.42 Å². The van der Waals surface area contributed by atoms with Gasteiger partial charge in [0.15, 0.2) is 0 Å². The minimum absolute atomic E-state index is 0.145. The topological polar surface area (TPSA) is 66.4 Å². The van der Waals surface area contributed by atoms with Crippen LogP contribution in [0.15, 0.2) is 71.6 Å². The predicted octanol–water partition coefficient (Wildman–Crippen LogP) is 5.17. The van der Waals surface area contributed by atoms with E-state index in [0.29, 0.717) is 11.3 Å². The molecule has 0 aliphatic rings. The summed E-state index contributed by atoms with van der Waals surface area (Å²) in [5.74, 6) is -0.512. The van der Waals surface area contributed by atoms with E-state index >= 15 is 0 Å². The summed E-state index contributed by atoms with van der Waals surface area (Å²) in [5.41, 5.74) is 1.93. The number of aromatic hydroxyl groups is 1. The highest BCUT2D eigenvalue weighted by Crippen LogP contribution is 2.36. The lowest BCUT2D eigenvalue weighted by Gasteiger charge is -2.14. The normalized spacial score (nSPS) is 11.3. The summed E-state index contributed by atoms with van der Waals surface area (Å²) in [6.45, 7) is 0. The molecule has 3 aromatic carbocycles. The average Bonchev–Trinajstić information content (AvgIpc) is 2.54. The largest absolute Gasteiger partial charge is 0.506 e. The van der Waals surface area contributed by atoms with Crippen LogP contribution in [0.5, 0.6) is 5.75 Å². The molecule has 3 aromatic rings. The van der Waals surface area contributed by atoms with Crippen molar-refractivity contribution in [1.82, 2.24) is 0 Å². The number of sulfonamides is 1. The molecule has 0 aromatic heterocycles.